The molecule has 1 aromatic carbocycles. The topological polar surface area (TPSA) is 101 Å². The summed E-state index contributed by atoms with van der Waals surface area (Å²) in [5.41, 5.74) is 2.04. The lowest BCUT2D eigenvalue weighted by Crippen LogP contribution is -2.43. The largest absolute Gasteiger partial charge is 0.481 e. The van der Waals surface area contributed by atoms with Crippen molar-refractivity contribution in [2.24, 2.45) is 5.92 Å². The predicted molar refractivity (Wildman–Crippen MR) is 118 cm³/mol. The minimum atomic E-state index is -0.725. The molecule has 1 atom stereocenters. The molecular weight excluding hydrogens is 441 g/mol. The SMILES string of the molecule is CCC(Oc1ncc(Cl)cc1Cl)C(=O)NCc1cccc(CNC2CC(C(=O)O)C2)c1. The van der Waals surface area contributed by atoms with E-state index in [9.17, 15) is 9.59 Å². The number of pyridine rings is 1. The first-order valence-corrected chi connectivity index (χ1v) is 10.9. The quantitative estimate of drug-likeness (QED) is 0.493. The third kappa shape index (κ3) is 6.56. The number of carboxylic acids is 1. The molecule has 3 N–H and O–H groups in total. The van der Waals surface area contributed by atoms with Gasteiger partial charge in [0.15, 0.2) is 6.10 Å². The van der Waals surface area contributed by atoms with Crippen molar-refractivity contribution in [1.29, 1.82) is 0 Å². The lowest BCUT2D eigenvalue weighted by atomic mass is 9.80. The second-order valence-electron chi connectivity index (χ2n) is 7.58. The van der Waals surface area contributed by atoms with Crippen molar-refractivity contribution < 1.29 is 19.4 Å². The Labute approximate surface area is 191 Å². The van der Waals surface area contributed by atoms with Crippen molar-refractivity contribution in [2.75, 3.05) is 0 Å². The zero-order valence-corrected chi connectivity index (χ0v) is 18.6. The van der Waals surface area contributed by atoms with Crippen LogP contribution < -0.4 is 15.4 Å². The van der Waals surface area contributed by atoms with Crippen LogP contribution in [0.2, 0.25) is 10.0 Å². The Bertz CT molecular complexity index is 935. The van der Waals surface area contributed by atoms with Gasteiger partial charge in [0.05, 0.1) is 10.9 Å². The summed E-state index contributed by atoms with van der Waals surface area (Å²) in [5, 5.41) is 15.9. The van der Waals surface area contributed by atoms with Gasteiger partial charge in [-0.05, 0) is 36.5 Å². The number of nitrogens with one attached hydrogen (secondary N) is 2. The summed E-state index contributed by atoms with van der Waals surface area (Å²) >= 11 is 11.9. The minimum Gasteiger partial charge on any atom is -0.481 e. The van der Waals surface area contributed by atoms with Crippen molar-refractivity contribution in [3.8, 4) is 5.88 Å². The normalized spacial score (nSPS) is 18.7. The van der Waals surface area contributed by atoms with Crippen molar-refractivity contribution in [1.82, 2.24) is 15.6 Å². The van der Waals surface area contributed by atoms with E-state index in [1.165, 1.54) is 12.3 Å². The highest BCUT2D eigenvalue weighted by Crippen LogP contribution is 2.28. The average molecular weight is 466 g/mol. The molecule has 31 heavy (non-hydrogen) atoms. The maximum atomic E-state index is 12.6. The van der Waals surface area contributed by atoms with Gasteiger partial charge in [-0.2, -0.15) is 0 Å². The molecule has 0 radical (unpaired) electrons. The number of nitrogens with zero attached hydrogens (tertiary/aromatic N) is 1. The van der Waals surface area contributed by atoms with E-state index in [2.05, 4.69) is 15.6 Å². The highest BCUT2D eigenvalue weighted by Gasteiger charge is 2.33. The summed E-state index contributed by atoms with van der Waals surface area (Å²) in [7, 11) is 0. The Morgan fingerprint density at radius 3 is 2.58 bits per heavy atom. The number of carbonyl (C=O) groups excluding carboxylic acids is 1. The van der Waals surface area contributed by atoms with Crippen LogP contribution >= 0.6 is 23.2 Å². The summed E-state index contributed by atoms with van der Waals surface area (Å²) in [4.78, 5) is 27.5. The third-order valence-electron chi connectivity index (χ3n) is 5.23. The maximum Gasteiger partial charge on any atom is 0.306 e. The van der Waals surface area contributed by atoms with Gasteiger partial charge < -0.3 is 20.5 Å². The summed E-state index contributed by atoms with van der Waals surface area (Å²) in [5.74, 6) is -1.04. The van der Waals surface area contributed by atoms with Gasteiger partial charge in [-0.1, -0.05) is 54.4 Å². The van der Waals surface area contributed by atoms with E-state index in [4.69, 9.17) is 33.0 Å². The fraction of sp³-hybridized carbons (Fsp3) is 0.409. The van der Waals surface area contributed by atoms with Crippen molar-refractivity contribution in [3.63, 3.8) is 0 Å². The number of carboxylic acid groups (broad SMARTS) is 1. The predicted octanol–water partition coefficient (Wildman–Crippen LogP) is 3.82. The molecule has 9 heteroatoms. The van der Waals surface area contributed by atoms with Crippen molar-refractivity contribution in [3.05, 3.63) is 57.7 Å². The Balaban J connectivity index is 1.48. The molecular formula is C22H25Cl2N3O4. The first-order valence-electron chi connectivity index (χ1n) is 10.1. The number of hydrogen-bond donors (Lipinski definition) is 3. The minimum absolute atomic E-state index is 0.169. The standard InChI is InChI=1S/C22H25Cl2N3O4/c1-2-19(31-21-18(24)9-16(23)12-27-21)20(28)26-11-14-5-3-4-13(6-14)10-25-17-7-15(8-17)22(29)30/h3-6,9,12,15,17,19,25H,2,7-8,10-11H2,1H3,(H,26,28)(H,29,30). The Morgan fingerprint density at radius 2 is 1.94 bits per heavy atom. The molecule has 1 heterocycles. The van der Waals surface area contributed by atoms with Gasteiger partial charge in [0.1, 0.15) is 5.02 Å². The maximum absolute atomic E-state index is 12.6. The van der Waals surface area contributed by atoms with Crippen LogP contribution in [-0.4, -0.2) is 34.1 Å². The molecule has 0 bridgehead atoms. The lowest BCUT2D eigenvalue weighted by molar-refractivity contribution is -0.145. The molecule has 3 rings (SSSR count). The number of aromatic nitrogens is 1. The van der Waals surface area contributed by atoms with Crippen LogP contribution in [-0.2, 0) is 22.7 Å². The van der Waals surface area contributed by atoms with Crippen LogP contribution in [0.25, 0.3) is 0 Å². The molecule has 2 aromatic rings. The summed E-state index contributed by atoms with van der Waals surface area (Å²) < 4.78 is 5.67. The molecule has 1 aromatic heterocycles. The van der Waals surface area contributed by atoms with Gasteiger partial charge in [-0.25, -0.2) is 4.98 Å². The molecule has 166 valence electrons. The van der Waals surface area contributed by atoms with E-state index in [1.807, 2.05) is 31.2 Å². The summed E-state index contributed by atoms with van der Waals surface area (Å²) in [6.07, 6.45) is 2.47. The lowest BCUT2D eigenvalue weighted by Gasteiger charge is -2.33. The number of rotatable bonds is 10. The Kier molecular flexibility index (Phi) is 8.12. The van der Waals surface area contributed by atoms with E-state index >= 15 is 0 Å². The van der Waals surface area contributed by atoms with Gasteiger partial charge in [0, 0.05) is 25.3 Å². The van der Waals surface area contributed by atoms with Crippen LogP contribution in [0.4, 0.5) is 0 Å². The Hall–Kier alpha value is -2.35. The van der Waals surface area contributed by atoms with E-state index in [0.717, 1.165) is 11.1 Å². The first kappa shape index (κ1) is 23.3. The molecule has 0 spiro atoms. The van der Waals surface area contributed by atoms with Crippen LogP contribution in [0.3, 0.4) is 0 Å². The van der Waals surface area contributed by atoms with Crippen LogP contribution in [0.15, 0.2) is 36.5 Å². The van der Waals surface area contributed by atoms with E-state index in [0.29, 0.717) is 37.4 Å². The second kappa shape index (κ2) is 10.8. The van der Waals surface area contributed by atoms with Crippen molar-refractivity contribution in [2.45, 2.75) is 51.4 Å². The molecule has 1 unspecified atom stereocenters. The van der Waals surface area contributed by atoms with Crippen LogP contribution in [0.5, 0.6) is 5.88 Å². The number of halogens is 2. The monoisotopic (exact) mass is 465 g/mol. The third-order valence-corrected chi connectivity index (χ3v) is 5.71. The van der Waals surface area contributed by atoms with Crippen LogP contribution in [0, 0.1) is 5.92 Å². The number of aliphatic carboxylic acids is 1. The van der Waals surface area contributed by atoms with E-state index < -0.39 is 12.1 Å². The average Bonchev–Trinajstić information content (AvgIpc) is 2.70. The molecule has 1 aliphatic rings. The second-order valence-corrected chi connectivity index (χ2v) is 8.42. The number of benzene rings is 1. The molecule has 0 aliphatic heterocycles. The molecule has 7 nitrogen and oxygen atoms in total. The highest BCUT2D eigenvalue weighted by molar-refractivity contribution is 6.35. The highest BCUT2D eigenvalue weighted by atomic mass is 35.5. The van der Waals surface area contributed by atoms with E-state index in [1.54, 1.807) is 0 Å². The molecule has 1 fully saturated rings. The van der Waals surface area contributed by atoms with Gasteiger partial charge in [0.25, 0.3) is 5.91 Å². The molecule has 1 saturated carbocycles. The Morgan fingerprint density at radius 1 is 1.23 bits per heavy atom. The summed E-state index contributed by atoms with van der Waals surface area (Å²) in [6, 6.07) is 9.64. The van der Waals surface area contributed by atoms with Gasteiger partial charge in [-0.15, -0.1) is 0 Å². The van der Waals surface area contributed by atoms with Gasteiger partial charge in [0.2, 0.25) is 5.88 Å². The van der Waals surface area contributed by atoms with Gasteiger partial charge >= 0.3 is 5.97 Å². The van der Waals surface area contributed by atoms with Crippen molar-refractivity contribution >= 4 is 35.1 Å². The smallest absolute Gasteiger partial charge is 0.306 e. The number of ether oxygens (including phenoxy) is 1. The number of carbonyl (C=O) groups is 2. The van der Waals surface area contributed by atoms with E-state index in [-0.39, 0.29) is 28.8 Å². The first-order chi connectivity index (χ1) is 14.9. The fourth-order valence-electron chi connectivity index (χ4n) is 3.35. The number of amides is 1. The fourth-order valence-corrected chi connectivity index (χ4v) is 3.77. The molecule has 1 amide bonds. The van der Waals surface area contributed by atoms with Gasteiger partial charge in [-0.3, -0.25) is 9.59 Å². The summed E-state index contributed by atoms with van der Waals surface area (Å²) in [6.45, 7) is 2.86. The number of hydrogen-bond acceptors (Lipinski definition) is 5. The molecule has 0 saturated heterocycles. The molecule has 1 aliphatic carbocycles. The zero-order chi connectivity index (χ0) is 22.4. The zero-order valence-electron chi connectivity index (χ0n) is 17.1. The van der Waals surface area contributed by atoms with Crippen LogP contribution in [0.1, 0.15) is 37.3 Å².